The van der Waals surface area contributed by atoms with Crippen molar-refractivity contribution in [3.8, 4) is 11.5 Å². The predicted octanol–water partition coefficient (Wildman–Crippen LogP) is 4.91. The molecule has 0 heterocycles. The number of carbonyl (C=O) groups excluding carboxylic acids is 1. The van der Waals surface area contributed by atoms with E-state index < -0.39 is 5.76 Å². The Morgan fingerprint density at radius 2 is 1.92 bits per heavy atom. The van der Waals surface area contributed by atoms with Gasteiger partial charge in [-0.05, 0) is 42.0 Å². The molecule has 0 spiro atoms. The molecule has 0 saturated carbocycles. The smallest absolute Gasteiger partial charge is 0.289 e. The third-order valence-electron chi connectivity index (χ3n) is 3.19. The number of hydrogen-bond acceptors (Lipinski definition) is 4. The molecule has 126 valence electrons. The van der Waals surface area contributed by atoms with Crippen molar-refractivity contribution in [2.75, 3.05) is 14.2 Å². The zero-order valence-electron chi connectivity index (χ0n) is 13.2. The summed E-state index contributed by atoms with van der Waals surface area (Å²) in [6.07, 6.45) is 3.09. The Morgan fingerprint density at radius 3 is 2.58 bits per heavy atom. The Hall–Kier alpha value is -2.34. The topological polar surface area (TPSA) is 35.5 Å². The van der Waals surface area contributed by atoms with Gasteiger partial charge in [0.25, 0.3) is 5.76 Å². The third-order valence-corrected chi connectivity index (χ3v) is 3.95. The van der Waals surface area contributed by atoms with Gasteiger partial charge in [0, 0.05) is 5.56 Å². The highest BCUT2D eigenvalue weighted by Gasteiger charge is 2.13. The van der Waals surface area contributed by atoms with Crippen LogP contribution < -0.4 is 9.47 Å². The normalized spacial score (nSPS) is 11.0. The number of halogens is 2. The lowest BCUT2D eigenvalue weighted by Gasteiger charge is -2.08. The summed E-state index contributed by atoms with van der Waals surface area (Å²) < 4.78 is 35.2. The highest BCUT2D eigenvalue weighted by molar-refractivity contribution is 7.99. The number of rotatable bonds is 7. The van der Waals surface area contributed by atoms with Gasteiger partial charge in [-0.15, -0.1) is 0 Å². The Balaban J connectivity index is 2.18. The number of hydrogen-bond donors (Lipinski definition) is 0. The molecule has 0 aliphatic heterocycles. The minimum absolute atomic E-state index is 0.246. The first-order valence-corrected chi connectivity index (χ1v) is 7.90. The van der Waals surface area contributed by atoms with E-state index in [2.05, 4.69) is 0 Å². The first-order valence-electron chi connectivity index (χ1n) is 7.03. The van der Waals surface area contributed by atoms with Crippen LogP contribution >= 0.6 is 11.8 Å². The van der Waals surface area contributed by atoms with Crippen molar-refractivity contribution >= 4 is 23.6 Å². The number of alkyl halides is 2. The molecule has 3 nitrogen and oxygen atoms in total. The van der Waals surface area contributed by atoms with E-state index in [0.29, 0.717) is 28.0 Å². The highest BCUT2D eigenvalue weighted by Crippen LogP contribution is 2.34. The second-order valence-electron chi connectivity index (χ2n) is 4.72. The van der Waals surface area contributed by atoms with E-state index in [1.54, 1.807) is 19.3 Å². The zero-order valence-corrected chi connectivity index (χ0v) is 14.0. The lowest BCUT2D eigenvalue weighted by molar-refractivity contribution is 0.104. The van der Waals surface area contributed by atoms with Gasteiger partial charge < -0.3 is 9.47 Å². The zero-order chi connectivity index (χ0) is 17.5. The summed E-state index contributed by atoms with van der Waals surface area (Å²) >= 11 is 0.383. The number of benzene rings is 2. The second-order valence-corrected chi connectivity index (χ2v) is 5.75. The standard InChI is InChI=1S/C18H16F2O3S/c1-22-14-5-3-4-12(10-14)6-8-15(21)13-7-9-17(24-18(19)20)16(11-13)23-2/h3-11,18H,1-2H3/b8-6+. The lowest BCUT2D eigenvalue weighted by Crippen LogP contribution is -1.97. The summed E-state index contributed by atoms with van der Waals surface area (Å²) in [7, 11) is 2.95. The fourth-order valence-corrected chi connectivity index (χ4v) is 2.62. The number of ether oxygens (including phenoxy) is 2. The van der Waals surface area contributed by atoms with Gasteiger partial charge in [0.2, 0.25) is 0 Å². The lowest BCUT2D eigenvalue weighted by atomic mass is 10.1. The van der Waals surface area contributed by atoms with Gasteiger partial charge in [-0.3, -0.25) is 4.79 Å². The molecule has 0 saturated heterocycles. The van der Waals surface area contributed by atoms with Gasteiger partial charge in [0.05, 0.1) is 19.1 Å². The maximum Gasteiger partial charge on any atom is 0.289 e. The van der Waals surface area contributed by atoms with Gasteiger partial charge in [0.1, 0.15) is 11.5 Å². The molecule has 6 heteroatoms. The van der Waals surface area contributed by atoms with Crippen molar-refractivity contribution in [1.82, 2.24) is 0 Å². The average molecular weight is 350 g/mol. The number of ketones is 1. The molecular weight excluding hydrogens is 334 g/mol. The molecule has 0 aliphatic rings. The number of methoxy groups -OCH3 is 2. The van der Waals surface area contributed by atoms with Crippen LogP contribution in [0.5, 0.6) is 11.5 Å². The Labute approximate surface area is 143 Å². The SMILES string of the molecule is COc1cccc(/C=C/C(=O)c2ccc(SC(F)F)c(OC)c2)c1. The van der Waals surface area contributed by atoms with Crippen LogP contribution in [0.2, 0.25) is 0 Å². The fraction of sp³-hybridized carbons (Fsp3) is 0.167. The fourth-order valence-electron chi connectivity index (χ4n) is 2.03. The van der Waals surface area contributed by atoms with Crippen molar-refractivity contribution in [2.45, 2.75) is 10.7 Å². The van der Waals surface area contributed by atoms with E-state index >= 15 is 0 Å². The Morgan fingerprint density at radius 1 is 1.12 bits per heavy atom. The quantitative estimate of drug-likeness (QED) is 0.404. The van der Waals surface area contributed by atoms with Crippen LogP contribution in [-0.2, 0) is 0 Å². The molecular formula is C18H16F2O3S. The molecule has 0 aromatic heterocycles. The molecule has 0 N–H and O–H groups in total. The number of allylic oxidation sites excluding steroid dienone is 1. The van der Waals surface area contributed by atoms with E-state index in [0.717, 1.165) is 5.56 Å². The van der Waals surface area contributed by atoms with E-state index in [1.165, 1.54) is 31.4 Å². The average Bonchev–Trinajstić information content (AvgIpc) is 2.59. The second kappa shape index (κ2) is 8.49. The molecule has 0 aliphatic carbocycles. The molecule has 0 fully saturated rings. The van der Waals surface area contributed by atoms with Crippen molar-refractivity contribution < 1.29 is 23.0 Å². The van der Waals surface area contributed by atoms with Crippen LogP contribution in [0.1, 0.15) is 15.9 Å². The summed E-state index contributed by atoms with van der Waals surface area (Å²) in [4.78, 5) is 12.5. The summed E-state index contributed by atoms with van der Waals surface area (Å²) in [5, 5.41) is 0. The van der Waals surface area contributed by atoms with Gasteiger partial charge in [-0.2, -0.15) is 8.78 Å². The minimum Gasteiger partial charge on any atom is -0.497 e. The molecule has 2 aromatic rings. The van der Waals surface area contributed by atoms with Crippen molar-refractivity contribution in [3.63, 3.8) is 0 Å². The van der Waals surface area contributed by atoms with E-state index in [9.17, 15) is 13.6 Å². The highest BCUT2D eigenvalue weighted by atomic mass is 32.2. The predicted molar refractivity (Wildman–Crippen MR) is 91.2 cm³/mol. The van der Waals surface area contributed by atoms with Crippen LogP contribution in [0.15, 0.2) is 53.4 Å². The van der Waals surface area contributed by atoms with Crippen molar-refractivity contribution in [3.05, 3.63) is 59.7 Å². The van der Waals surface area contributed by atoms with Crippen LogP contribution in [0.25, 0.3) is 6.08 Å². The van der Waals surface area contributed by atoms with Crippen molar-refractivity contribution in [1.29, 1.82) is 0 Å². The van der Waals surface area contributed by atoms with Gasteiger partial charge in [0.15, 0.2) is 5.78 Å². The van der Waals surface area contributed by atoms with Crippen LogP contribution in [0, 0.1) is 0 Å². The summed E-state index contributed by atoms with van der Waals surface area (Å²) in [6.45, 7) is 0. The molecule has 0 radical (unpaired) electrons. The van der Waals surface area contributed by atoms with Crippen LogP contribution in [0.4, 0.5) is 8.78 Å². The number of carbonyl (C=O) groups is 1. The van der Waals surface area contributed by atoms with Gasteiger partial charge >= 0.3 is 0 Å². The first-order chi connectivity index (χ1) is 11.5. The third kappa shape index (κ3) is 4.83. The van der Waals surface area contributed by atoms with E-state index in [1.807, 2.05) is 18.2 Å². The molecule has 2 aromatic carbocycles. The molecule has 24 heavy (non-hydrogen) atoms. The Bertz CT molecular complexity index is 745. The molecule has 0 amide bonds. The summed E-state index contributed by atoms with van der Waals surface area (Å²) in [6, 6.07) is 11.7. The monoisotopic (exact) mass is 350 g/mol. The van der Waals surface area contributed by atoms with Gasteiger partial charge in [-0.1, -0.05) is 30.0 Å². The molecule has 2 rings (SSSR count). The Kier molecular flexibility index (Phi) is 6.37. The van der Waals surface area contributed by atoms with E-state index in [4.69, 9.17) is 9.47 Å². The van der Waals surface area contributed by atoms with Crippen LogP contribution in [0.3, 0.4) is 0 Å². The van der Waals surface area contributed by atoms with Crippen molar-refractivity contribution in [2.24, 2.45) is 0 Å². The number of thioether (sulfide) groups is 1. The maximum atomic E-state index is 12.5. The molecule has 0 atom stereocenters. The molecule has 0 unspecified atom stereocenters. The van der Waals surface area contributed by atoms with E-state index in [-0.39, 0.29) is 11.5 Å². The first kappa shape index (κ1) is 18.0. The largest absolute Gasteiger partial charge is 0.497 e. The summed E-state index contributed by atoms with van der Waals surface area (Å²) in [5.74, 6) is -1.85. The summed E-state index contributed by atoms with van der Waals surface area (Å²) in [5.41, 5.74) is 1.18. The van der Waals surface area contributed by atoms with Gasteiger partial charge in [-0.25, -0.2) is 0 Å². The molecule has 0 bridgehead atoms. The maximum absolute atomic E-state index is 12.5. The van der Waals surface area contributed by atoms with Crippen LogP contribution in [-0.4, -0.2) is 25.8 Å². The minimum atomic E-state index is -2.55.